The van der Waals surface area contributed by atoms with Gasteiger partial charge in [0.25, 0.3) is 0 Å². The Hall–Kier alpha value is -3.35. The lowest BCUT2D eigenvalue weighted by Gasteiger charge is -2.16. The molecule has 7 heteroatoms. The normalized spacial score (nSPS) is 12.2. The Morgan fingerprint density at radius 2 is 1.88 bits per heavy atom. The van der Waals surface area contributed by atoms with E-state index in [0.29, 0.717) is 5.65 Å². The lowest BCUT2D eigenvalue weighted by molar-refractivity contribution is 0.768. The van der Waals surface area contributed by atoms with Crippen molar-refractivity contribution in [2.24, 2.45) is 7.05 Å². The van der Waals surface area contributed by atoms with Crippen molar-refractivity contribution >= 4 is 16.9 Å². The zero-order valence-corrected chi connectivity index (χ0v) is 14.0. The molecule has 0 amide bonds. The standard InChI is InChI=1S/C18H17N7/c1-12(13-3-5-19-6-4-13)24-18-16-7-14(15-9-23-25(2)10-15)8-20-17(16)21-11-22-18/h3-12H,1-2H3,(H,20,21,22,24). The molecule has 0 saturated carbocycles. The molecule has 0 aliphatic rings. The Morgan fingerprint density at radius 1 is 1.04 bits per heavy atom. The number of pyridine rings is 2. The van der Waals surface area contributed by atoms with Gasteiger partial charge in [0.2, 0.25) is 0 Å². The molecule has 0 bridgehead atoms. The first-order valence-corrected chi connectivity index (χ1v) is 7.97. The molecule has 1 N–H and O–H groups in total. The van der Waals surface area contributed by atoms with Gasteiger partial charge in [0.15, 0.2) is 5.65 Å². The first-order chi connectivity index (χ1) is 12.2. The highest BCUT2D eigenvalue weighted by atomic mass is 15.2. The van der Waals surface area contributed by atoms with Crippen LogP contribution in [-0.2, 0) is 7.05 Å². The molecule has 4 aromatic rings. The topological polar surface area (TPSA) is 81.4 Å². The number of nitrogens with one attached hydrogen (secondary N) is 1. The van der Waals surface area contributed by atoms with Crippen molar-refractivity contribution < 1.29 is 0 Å². The quantitative estimate of drug-likeness (QED) is 0.619. The third-order valence-corrected chi connectivity index (χ3v) is 4.09. The summed E-state index contributed by atoms with van der Waals surface area (Å²) in [5.74, 6) is 0.757. The molecule has 7 nitrogen and oxygen atoms in total. The van der Waals surface area contributed by atoms with Crippen molar-refractivity contribution in [3.05, 3.63) is 61.1 Å². The maximum absolute atomic E-state index is 4.47. The minimum Gasteiger partial charge on any atom is -0.363 e. The summed E-state index contributed by atoms with van der Waals surface area (Å²) in [6, 6.07) is 6.10. The highest BCUT2D eigenvalue weighted by Gasteiger charge is 2.11. The molecule has 1 unspecified atom stereocenters. The van der Waals surface area contributed by atoms with E-state index in [2.05, 4.69) is 37.3 Å². The number of hydrogen-bond acceptors (Lipinski definition) is 6. The predicted octanol–water partition coefficient (Wildman–Crippen LogP) is 2.99. The maximum atomic E-state index is 4.47. The van der Waals surface area contributed by atoms with Gasteiger partial charge < -0.3 is 5.32 Å². The number of nitrogens with zero attached hydrogens (tertiary/aromatic N) is 6. The fourth-order valence-electron chi connectivity index (χ4n) is 2.73. The van der Waals surface area contributed by atoms with Crippen molar-refractivity contribution in [3.8, 4) is 11.1 Å². The number of aromatic nitrogens is 6. The van der Waals surface area contributed by atoms with E-state index >= 15 is 0 Å². The molecule has 4 aromatic heterocycles. The van der Waals surface area contributed by atoms with E-state index in [0.717, 1.165) is 27.9 Å². The average molecular weight is 331 g/mol. The second-order valence-electron chi connectivity index (χ2n) is 5.87. The van der Waals surface area contributed by atoms with Crippen LogP contribution in [0.1, 0.15) is 18.5 Å². The van der Waals surface area contributed by atoms with E-state index in [-0.39, 0.29) is 6.04 Å². The number of aryl methyl sites for hydroxylation is 1. The molecule has 25 heavy (non-hydrogen) atoms. The van der Waals surface area contributed by atoms with E-state index in [1.165, 1.54) is 6.33 Å². The van der Waals surface area contributed by atoms with E-state index in [4.69, 9.17) is 0 Å². The molecule has 0 aromatic carbocycles. The van der Waals surface area contributed by atoms with E-state index in [9.17, 15) is 0 Å². The second kappa shape index (κ2) is 6.27. The minimum absolute atomic E-state index is 0.0862. The molecule has 0 radical (unpaired) electrons. The van der Waals surface area contributed by atoms with Gasteiger partial charge in [0.1, 0.15) is 12.1 Å². The van der Waals surface area contributed by atoms with Crippen LogP contribution in [0.15, 0.2) is 55.5 Å². The molecule has 0 spiro atoms. The summed E-state index contributed by atoms with van der Waals surface area (Å²) < 4.78 is 1.77. The van der Waals surface area contributed by atoms with Crippen LogP contribution in [0.5, 0.6) is 0 Å². The van der Waals surface area contributed by atoms with Gasteiger partial charge in [0, 0.05) is 43.0 Å². The summed E-state index contributed by atoms with van der Waals surface area (Å²) in [7, 11) is 1.89. The summed E-state index contributed by atoms with van der Waals surface area (Å²) in [5, 5.41) is 8.54. The van der Waals surface area contributed by atoms with E-state index < -0.39 is 0 Å². The van der Waals surface area contributed by atoms with Gasteiger partial charge in [-0.2, -0.15) is 5.10 Å². The molecule has 0 saturated heterocycles. The predicted molar refractivity (Wildman–Crippen MR) is 95.8 cm³/mol. The summed E-state index contributed by atoms with van der Waals surface area (Å²) in [4.78, 5) is 17.2. The number of anilines is 1. The molecule has 4 heterocycles. The van der Waals surface area contributed by atoms with Crippen LogP contribution in [0.3, 0.4) is 0 Å². The third-order valence-electron chi connectivity index (χ3n) is 4.09. The summed E-state index contributed by atoms with van der Waals surface area (Å²) in [6.45, 7) is 2.08. The van der Waals surface area contributed by atoms with Gasteiger partial charge in [-0.05, 0) is 30.7 Å². The largest absolute Gasteiger partial charge is 0.363 e. The van der Waals surface area contributed by atoms with Gasteiger partial charge in [-0.25, -0.2) is 15.0 Å². The number of rotatable bonds is 4. The van der Waals surface area contributed by atoms with Crippen molar-refractivity contribution in [3.63, 3.8) is 0 Å². The van der Waals surface area contributed by atoms with Crippen LogP contribution in [0.4, 0.5) is 5.82 Å². The molecule has 0 fully saturated rings. The fourth-order valence-corrected chi connectivity index (χ4v) is 2.73. The monoisotopic (exact) mass is 331 g/mol. The highest BCUT2D eigenvalue weighted by molar-refractivity contribution is 5.89. The number of fused-ring (bicyclic) bond motifs is 1. The molecule has 1 atom stereocenters. The Balaban J connectivity index is 1.73. The molecule has 0 aliphatic heterocycles. The van der Waals surface area contributed by atoms with E-state index in [1.54, 1.807) is 17.1 Å². The van der Waals surface area contributed by atoms with Crippen molar-refractivity contribution in [2.75, 3.05) is 5.32 Å². The van der Waals surface area contributed by atoms with Crippen molar-refractivity contribution in [1.29, 1.82) is 0 Å². The Labute approximate surface area is 144 Å². The molecular formula is C18H17N7. The number of hydrogen-bond donors (Lipinski definition) is 1. The van der Waals surface area contributed by atoms with Gasteiger partial charge in [0.05, 0.1) is 17.6 Å². The van der Waals surface area contributed by atoms with Crippen LogP contribution >= 0.6 is 0 Å². The van der Waals surface area contributed by atoms with Crippen LogP contribution in [0.25, 0.3) is 22.2 Å². The summed E-state index contributed by atoms with van der Waals surface area (Å²) in [6.07, 6.45) is 10.7. The van der Waals surface area contributed by atoms with Crippen LogP contribution in [0.2, 0.25) is 0 Å². The highest BCUT2D eigenvalue weighted by Crippen LogP contribution is 2.27. The second-order valence-corrected chi connectivity index (χ2v) is 5.87. The van der Waals surface area contributed by atoms with Gasteiger partial charge in [-0.3, -0.25) is 9.67 Å². The lowest BCUT2D eigenvalue weighted by Crippen LogP contribution is -2.09. The minimum atomic E-state index is 0.0862. The maximum Gasteiger partial charge on any atom is 0.164 e. The third kappa shape index (κ3) is 3.03. The van der Waals surface area contributed by atoms with Gasteiger partial charge in [-0.1, -0.05) is 0 Å². The van der Waals surface area contributed by atoms with Crippen molar-refractivity contribution in [1.82, 2.24) is 29.7 Å². The summed E-state index contributed by atoms with van der Waals surface area (Å²) >= 11 is 0. The lowest BCUT2D eigenvalue weighted by atomic mass is 10.1. The first kappa shape index (κ1) is 15.2. The molecule has 124 valence electrons. The smallest absolute Gasteiger partial charge is 0.164 e. The van der Waals surface area contributed by atoms with Gasteiger partial charge >= 0.3 is 0 Å². The summed E-state index contributed by atoms with van der Waals surface area (Å²) in [5.41, 5.74) is 3.79. The van der Waals surface area contributed by atoms with Crippen LogP contribution < -0.4 is 5.32 Å². The van der Waals surface area contributed by atoms with Crippen LogP contribution in [-0.4, -0.2) is 29.7 Å². The zero-order valence-electron chi connectivity index (χ0n) is 14.0. The molecular weight excluding hydrogens is 314 g/mol. The zero-order chi connectivity index (χ0) is 17.2. The SMILES string of the molecule is CC(Nc1ncnc2ncc(-c3cnn(C)c3)cc12)c1ccncc1. The fraction of sp³-hybridized carbons (Fsp3) is 0.167. The first-order valence-electron chi connectivity index (χ1n) is 7.97. The average Bonchev–Trinajstić information content (AvgIpc) is 3.09. The van der Waals surface area contributed by atoms with E-state index in [1.807, 2.05) is 43.8 Å². The van der Waals surface area contributed by atoms with Gasteiger partial charge in [-0.15, -0.1) is 0 Å². The Morgan fingerprint density at radius 3 is 2.64 bits per heavy atom. The molecule has 4 rings (SSSR count). The molecule has 0 aliphatic carbocycles. The van der Waals surface area contributed by atoms with Crippen LogP contribution in [0, 0.1) is 0 Å². The Bertz CT molecular complexity index is 1010. The van der Waals surface area contributed by atoms with Crippen molar-refractivity contribution in [2.45, 2.75) is 13.0 Å². The Kier molecular flexibility index (Phi) is 3.81.